The van der Waals surface area contributed by atoms with E-state index in [1.165, 1.54) is 5.69 Å². The lowest BCUT2D eigenvalue weighted by Crippen LogP contribution is -3.00. The molecule has 1 aliphatic rings. The Morgan fingerprint density at radius 2 is 2.31 bits per heavy atom. The molecule has 0 atom stereocenters. The van der Waals surface area contributed by atoms with Gasteiger partial charge in [0.1, 0.15) is 0 Å². The van der Waals surface area contributed by atoms with Gasteiger partial charge in [0, 0.05) is 13.0 Å². The van der Waals surface area contributed by atoms with Crippen molar-refractivity contribution in [1.29, 1.82) is 0 Å². The number of halogens is 2. The highest BCUT2D eigenvalue weighted by Crippen LogP contribution is 2.35. The molecule has 1 aliphatic heterocycles. The molecule has 1 aromatic rings. The fraction of sp³-hybridized carbons (Fsp3) is 0.375. The van der Waals surface area contributed by atoms with Crippen LogP contribution in [0.5, 0.6) is 5.75 Å². The average Bonchev–Trinajstić information content (AvgIpc) is 2.48. The monoisotopic (exact) mass is 325 g/mol. The molecule has 0 bridgehead atoms. The normalized spacial score (nSPS) is 13.7. The molecular formula is C8H9Br2NOS. The molecule has 0 spiro atoms. The summed E-state index contributed by atoms with van der Waals surface area (Å²) in [6.07, 6.45) is 0. The van der Waals surface area contributed by atoms with Gasteiger partial charge in [0.25, 0.3) is 5.03 Å². The molecule has 2 rings (SSSR count). The predicted octanol–water partition coefficient (Wildman–Crippen LogP) is -1.14. The molecule has 0 aromatic carbocycles. The van der Waals surface area contributed by atoms with Crippen molar-refractivity contribution < 1.29 is 26.7 Å². The van der Waals surface area contributed by atoms with E-state index in [-0.39, 0.29) is 17.0 Å². The van der Waals surface area contributed by atoms with Crippen molar-refractivity contribution in [1.82, 2.24) is 0 Å². The topological polar surface area (TPSA) is 24.1 Å². The van der Waals surface area contributed by atoms with Gasteiger partial charge < -0.3 is 22.1 Å². The molecule has 13 heavy (non-hydrogen) atoms. The van der Waals surface area contributed by atoms with Crippen molar-refractivity contribution in [2.75, 3.05) is 5.75 Å². The van der Waals surface area contributed by atoms with E-state index in [0.717, 1.165) is 21.8 Å². The molecule has 0 saturated heterocycles. The highest BCUT2D eigenvalue weighted by molar-refractivity contribution is 9.10. The van der Waals surface area contributed by atoms with Crippen LogP contribution in [0.3, 0.4) is 0 Å². The second-order valence-electron chi connectivity index (χ2n) is 2.79. The largest absolute Gasteiger partial charge is 1.00 e. The van der Waals surface area contributed by atoms with Gasteiger partial charge >= 0.3 is 0 Å². The van der Waals surface area contributed by atoms with E-state index in [1.807, 2.05) is 6.07 Å². The van der Waals surface area contributed by atoms with Crippen LogP contribution in [0.1, 0.15) is 5.69 Å². The van der Waals surface area contributed by atoms with Gasteiger partial charge in [-0.2, -0.15) is 4.57 Å². The molecule has 72 valence electrons. The van der Waals surface area contributed by atoms with Crippen molar-refractivity contribution >= 4 is 27.7 Å². The summed E-state index contributed by atoms with van der Waals surface area (Å²) >= 11 is 5.03. The van der Waals surface area contributed by atoms with Crippen LogP contribution in [0, 0.1) is 6.92 Å². The molecule has 2 heterocycles. The number of rotatable bonds is 0. The molecule has 1 N–H and O–H groups in total. The Kier molecular flexibility index (Phi) is 3.65. The highest BCUT2D eigenvalue weighted by atomic mass is 79.9. The fourth-order valence-electron chi connectivity index (χ4n) is 1.38. The Hall–Kier alpha value is 0.260. The third-order valence-corrected chi connectivity index (χ3v) is 3.67. The van der Waals surface area contributed by atoms with Crippen molar-refractivity contribution in [3.05, 3.63) is 16.2 Å². The maximum atomic E-state index is 9.65. The van der Waals surface area contributed by atoms with Crippen molar-refractivity contribution in [3.63, 3.8) is 0 Å². The Bertz CT molecular complexity index is 343. The molecule has 0 amide bonds. The smallest absolute Gasteiger partial charge is 0.284 e. The summed E-state index contributed by atoms with van der Waals surface area (Å²) in [4.78, 5) is 0. The minimum atomic E-state index is 0. The number of hydrogen-bond acceptors (Lipinski definition) is 2. The van der Waals surface area contributed by atoms with Gasteiger partial charge in [-0.1, -0.05) is 0 Å². The summed E-state index contributed by atoms with van der Waals surface area (Å²) in [5.74, 6) is 1.44. The number of aromatic hydroxyl groups is 1. The number of hydrogen-bond donors (Lipinski definition) is 1. The lowest BCUT2D eigenvalue weighted by Gasteiger charge is -2.00. The average molecular weight is 327 g/mol. The van der Waals surface area contributed by atoms with Gasteiger partial charge in [0.2, 0.25) is 5.75 Å². The fourth-order valence-corrected chi connectivity index (χ4v) is 3.13. The molecule has 2 nitrogen and oxygen atoms in total. The molecule has 0 unspecified atom stereocenters. The first-order valence-electron chi connectivity index (χ1n) is 3.75. The number of thioether (sulfide) groups is 1. The van der Waals surface area contributed by atoms with Crippen LogP contribution in [0.4, 0.5) is 0 Å². The van der Waals surface area contributed by atoms with Gasteiger partial charge in [-0.05, 0) is 27.7 Å². The second kappa shape index (κ2) is 4.19. The van der Waals surface area contributed by atoms with Crippen LogP contribution in [-0.2, 0) is 6.54 Å². The lowest BCUT2D eigenvalue weighted by atomic mass is 10.3. The summed E-state index contributed by atoms with van der Waals surface area (Å²) < 4.78 is 2.94. The van der Waals surface area contributed by atoms with E-state index in [9.17, 15) is 5.11 Å². The van der Waals surface area contributed by atoms with E-state index in [0.29, 0.717) is 5.75 Å². The summed E-state index contributed by atoms with van der Waals surface area (Å²) in [7, 11) is 0. The minimum absolute atomic E-state index is 0. The Labute approximate surface area is 100 Å². The molecule has 0 saturated carbocycles. The van der Waals surface area contributed by atoms with Crippen LogP contribution < -0.4 is 21.5 Å². The first-order chi connectivity index (χ1) is 5.70. The molecule has 1 aromatic heterocycles. The van der Waals surface area contributed by atoms with E-state index in [2.05, 4.69) is 27.4 Å². The zero-order valence-electron chi connectivity index (χ0n) is 7.05. The molecule has 0 radical (unpaired) electrons. The Morgan fingerprint density at radius 3 is 3.00 bits per heavy atom. The molecular weight excluding hydrogens is 318 g/mol. The zero-order chi connectivity index (χ0) is 8.72. The summed E-state index contributed by atoms with van der Waals surface area (Å²) in [6.45, 7) is 3.06. The van der Waals surface area contributed by atoms with Crippen LogP contribution in [-0.4, -0.2) is 10.9 Å². The highest BCUT2D eigenvalue weighted by Gasteiger charge is 2.27. The van der Waals surface area contributed by atoms with Crippen LogP contribution in [0.25, 0.3) is 0 Å². The van der Waals surface area contributed by atoms with Crippen LogP contribution >= 0.6 is 27.7 Å². The maximum Gasteiger partial charge on any atom is 0.284 e. The number of aryl methyl sites for hydroxylation is 1. The third kappa shape index (κ3) is 1.87. The summed E-state index contributed by atoms with van der Waals surface area (Å²) in [5, 5.41) is 10.6. The standard InChI is InChI=1S/C8H8BrNOS.BrH/c1-5-4-6(9)7(11)8-10(5)2-3-12-8;/h4H,2-3H2,1H3;1H. The first-order valence-corrected chi connectivity index (χ1v) is 5.52. The second-order valence-corrected chi connectivity index (χ2v) is 4.73. The van der Waals surface area contributed by atoms with Gasteiger partial charge in [-0.15, -0.1) is 0 Å². The van der Waals surface area contributed by atoms with Gasteiger partial charge in [0.05, 0.1) is 10.2 Å². The van der Waals surface area contributed by atoms with Crippen molar-refractivity contribution in [2.24, 2.45) is 0 Å². The number of aromatic nitrogens is 1. The third-order valence-electron chi connectivity index (χ3n) is 1.99. The molecule has 5 heteroatoms. The van der Waals surface area contributed by atoms with Crippen LogP contribution in [0.15, 0.2) is 15.6 Å². The lowest BCUT2D eigenvalue weighted by molar-refractivity contribution is -0.729. The van der Waals surface area contributed by atoms with Gasteiger partial charge in [-0.3, -0.25) is 0 Å². The van der Waals surface area contributed by atoms with Crippen molar-refractivity contribution in [2.45, 2.75) is 18.5 Å². The van der Waals surface area contributed by atoms with E-state index < -0.39 is 0 Å². The first kappa shape index (κ1) is 11.3. The molecule has 0 fully saturated rings. The van der Waals surface area contributed by atoms with E-state index in [4.69, 9.17) is 0 Å². The van der Waals surface area contributed by atoms with Gasteiger partial charge in [-0.25, -0.2) is 0 Å². The number of pyridine rings is 1. The Balaban J connectivity index is 0.000000845. The predicted molar refractivity (Wildman–Crippen MR) is 51.5 cm³/mol. The summed E-state index contributed by atoms with van der Waals surface area (Å²) in [5.41, 5.74) is 1.19. The molecule has 0 aliphatic carbocycles. The minimum Gasteiger partial charge on any atom is -1.00 e. The Morgan fingerprint density at radius 1 is 1.62 bits per heavy atom. The quantitative estimate of drug-likeness (QED) is 0.610. The number of fused-ring (bicyclic) bond motifs is 1. The van der Waals surface area contributed by atoms with Crippen molar-refractivity contribution in [3.8, 4) is 5.75 Å². The van der Waals surface area contributed by atoms with E-state index in [1.54, 1.807) is 11.8 Å². The van der Waals surface area contributed by atoms with Crippen LogP contribution in [0.2, 0.25) is 0 Å². The maximum absolute atomic E-state index is 9.65. The number of nitrogens with zero attached hydrogens (tertiary/aromatic N) is 1. The van der Waals surface area contributed by atoms with E-state index >= 15 is 0 Å². The zero-order valence-corrected chi connectivity index (χ0v) is 11.0. The summed E-state index contributed by atoms with van der Waals surface area (Å²) in [6, 6.07) is 1.95. The van der Waals surface area contributed by atoms with Gasteiger partial charge in [0.15, 0.2) is 12.2 Å². The SMILES string of the molecule is Cc1cc(Br)c(O)c2[n+]1CCS2.[Br-].